The fourth-order valence-electron chi connectivity index (χ4n) is 2.12. The molecule has 0 amide bonds. The first-order valence-electron chi connectivity index (χ1n) is 6.96. The molecule has 0 bridgehead atoms. The number of nitrogens with one attached hydrogen (secondary N) is 2. The summed E-state index contributed by atoms with van der Waals surface area (Å²) in [6.07, 6.45) is 0. The number of nitrogens with zero attached hydrogens (tertiary/aromatic N) is 2. The fourth-order valence-corrected chi connectivity index (χ4v) is 2.12. The molecule has 0 spiro atoms. The Hall–Kier alpha value is -3.16. The third-order valence-electron chi connectivity index (χ3n) is 3.20. The Morgan fingerprint density at radius 1 is 0.913 bits per heavy atom. The molecule has 0 heterocycles. The average Bonchev–Trinajstić information content (AvgIpc) is 2.53. The van der Waals surface area contributed by atoms with Gasteiger partial charge < -0.3 is 10.6 Å². The predicted molar refractivity (Wildman–Crippen MR) is 87.8 cm³/mol. The molecule has 0 aromatic heterocycles. The number of hydrogen-bond acceptors (Lipinski definition) is 6. The molecule has 1 atom stereocenters. The van der Waals surface area contributed by atoms with E-state index in [1.54, 1.807) is 36.4 Å². The Labute approximate surface area is 132 Å². The van der Waals surface area contributed by atoms with Crippen molar-refractivity contribution in [2.24, 2.45) is 0 Å². The van der Waals surface area contributed by atoms with Crippen LogP contribution >= 0.6 is 0 Å². The standard InChI is InChI=1S/C15H16N4O4/c1-11(17-13-7-3-5-9-15(13)19(22)23)10-16-12-6-2-4-8-14(12)18(20)21/h2-9,11,16-17H,10H2,1H3. The van der Waals surface area contributed by atoms with Crippen molar-refractivity contribution in [3.8, 4) is 0 Å². The second kappa shape index (κ2) is 7.21. The summed E-state index contributed by atoms with van der Waals surface area (Å²) < 4.78 is 0. The normalized spacial score (nSPS) is 11.5. The van der Waals surface area contributed by atoms with Gasteiger partial charge in [-0.3, -0.25) is 20.2 Å². The summed E-state index contributed by atoms with van der Waals surface area (Å²) in [6.45, 7) is 2.20. The van der Waals surface area contributed by atoms with E-state index in [1.807, 2.05) is 6.92 Å². The van der Waals surface area contributed by atoms with Crippen LogP contribution in [-0.4, -0.2) is 22.4 Å². The summed E-state index contributed by atoms with van der Waals surface area (Å²) in [7, 11) is 0. The van der Waals surface area contributed by atoms with Crippen molar-refractivity contribution in [2.45, 2.75) is 13.0 Å². The van der Waals surface area contributed by atoms with E-state index in [0.717, 1.165) is 0 Å². The van der Waals surface area contributed by atoms with Crippen LogP contribution in [0.15, 0.2) is 48.5 Å². The molecular formula is C15H16N4O4. The summed E-state index contributed by atoms with van der Waals surface area (Å²) in [6, 6.07) is 12.5. The highest BCUT2D eigenvalue weighted by Gasteiger charge is 2.16. The molecule has 2 rings (SSSR count). The largest absolute Gasteiger partial charge is 0.377 e. The molecule has 8 heteroatoms. The summed E-state index contributed by atoms with van der Waals surface area (Å²) in [5.74, 6) is 0. The summed E-state index contributed by atoms with van der Waals surface area (Å²) in [4.78, 5) is 21.0. The van der Waals surface area contributed by atoms with Gasteiger partial charge in [0.2, 0.25) is 0 Å². The number of anilines is 2. The summed E-state index contributed by atoms with van der Waals surface area (Å²) in [5, 5.41) is 28.0. The van der Waals surface area contributed by atoms with Gasteiger partial charge >= 0.3 is 0 Å². The number of rotatable bonds is 7. The molecule has 2 aromatic carbocycles. The zero-order valence-corrected chi connectivity index (χ0v) is 12.4. The highest BCUT2D eigenvalue weighted by Crippen LogP contribution is 2.25. The van der Waals surface area contributed by atoms with Crippen LogP contribution in [0.1, 0.15) is 6.92 Å². The van der Waals surface area contributed by atoms with E-state index in [4.69, 9.17) is 0 Å². The maximum Gasteiger partial charge on any atom is 0.292 e. The van der Waals surface area contributed by atoms with E-state index in [-0.39, 0.29) is 17.4 Å². The quantitative estimate of drug-likeness (QED) is 0.598. The molecule has 0 aliphatic rings. The van der Waals surface area contributed by atoms with Crippen LogP contribution in [0, 0.1) is 20.2 Å². The van der Waals surface area contributed by atoms with Gasteiger partial charge in [0.25, 0.3) is 11.4 Å². The third-order valence-corrected chi connectivity index (χ3v) is 3.20. The Kier molecular flexibility index (Phi) is 5.08. The van der Waals surface area contributed by atoms with Gasteiger partial charge in [0.15, 0.2) is 0 Å². The first kappa shape index (κ1) is 16.2. The lowest BCUT2D eigenvalue weighted by atomic mass is 10.2. The minimum Gasteiger partial charge on any atom is -0.377 e. The number of hydrogen-bond donors (Lipinski definition) is 2. The van der Waals surface area contributed by atoms with Crippen molar-refractivity contribution in [1.29, 1.82) is 0 Å². The van der Waals surface area contributed by atoms with Crippen LogP contribution < -0.4 is 10.6 Å². The van der Waals surface area contributed by atoms with Gasteiger partial charge in [0, 0.05) is 24.7 Å². The molecule has 2 N–H and O–H groups in total. The zero-order valence-electron chi connectivity index (χ0n) is 12.4. The lowest BCUT2D eigenvalue weighted by Gasteiger charge is -2.16. The number of nitro groups is 2. The molecule has 120 valence electrons. The van der Waals surface area contributed by atoms with Gasteiger partial charge in [-0.2, -0.15) is 0 Å². The molecule has 0 saturated heterocycles. The smallest absolute Gasteiger partial charge is 0.292 e. The molecule has 0 aliphatic heterocycles. The minimum absolute atomic E-state index is 0.00890. The highest BCUT2D eigenvalue weighted by molar-refractivity contribution is 5.63. The van der Waals surface area contributed by atoms with Gasteiger partial charge in [-0.1, -0.05) is 24.3 Å². The van der Waals surface area contributed by atoms with E-state index < -0.39 is 9.85 Å². The molecule has 0 saturated carbocycles. The van der Waals surface area contributed by atoms with E-state index in [9.17, 15) is 20.2 Å². The van der Waals surface area contributed by atoms with Gasteiger partial charge in [-0.25, -0.2) is 0 Å². The molecule has 0 aliphatic carbocycles. The molecule has 2 aromatic rings. The van der Waals surface area contributed by atoms with Gasteiger partial charge in [0.1, 0.15) is 11.4 Å². The lowest BCUT2D eigenvalue weighted by Crippen LogP contribution is -2.25. The van der Waals surface area contributed by atoms with Gasteiger partial charge in [-0.05, 0) is 19.1 Å². The van der Waals surface area contributed by atoms with Crippen LogP contribution in [-0.2, 0) is 0 Å². The van der Waals surface area contributed by atoms with Crippen LogP contribution in [0.4, 0.5) is 22.7 Å². The highest BCUT2D eigenvalue weighted by atomic mass is 16.6. The SMILES string of the molecule is CC(CNc1ccccc1[N+](=O)[O-])Nc1ccccc1[N+](=O)[O-]. The molecule has 1 unspecified atom stereocenters. The fraction of sp³-hybridized carbons (Fsp3) is 0.200. The van der Waals surface area contributed by atoms with Crippen molar-refractivity contribution < 1.29 is 9.85 Å². The first-order valence-corrected chi connectivity index (χ1v) is 6.96. The molecule has 23 heavy (non-hydrogen) atoms. The maximum absolute atomic E-state index is 11.0. The Bertz CT molecular complexity index is 720. The van der Waals surface area contributed by atoms with Crippen LogP contribution in [0.5, 0.6) is 0 Å². The summed E-state index contributed by atoms with van der Waals surface area (Å²) >= 11 is 0. The molecule has 0 radical (unpaired) electrons. The van der Waals surface area contributed by atoms with Crippen molar-refractivity contribution in [3.05, 3.63) is 68.8 Å². The van der Waals surface area contributed by atoms with Gasteiger partial charge in [-0.15, -0.1) is 0 Å². The topological polar surface area (TPSA) is 110 Å². The van der Waals surface area contributed by atoms with E-state index >= 15 is 0 Å². The van der Waals surface area contributed by atoms with E-state index in [2.05, 4.69) is 10.6 Å². The Morgan fingerprint density at radius 3 is 1.96 bits per heavy atom. The number of benzene rings is 2. The average molecular weight is 316 g/mol. The van der Waals surface area contributed by atoms with Crippen molar-refractivity contribution in [2.75, 3.05) is 17.2 Å². The lowest BCUT2D eigenvalue weighted by molar-refractivity contribution is -0.384. The summed E-state index contributed by atoms with van der Waals surface area (Å²) in [5.41, 5.74) is 0.804. The Balaban J connectivity index is 2.03. The van der Waals surface area contributed by atoms with Crippen molar-refractivity contribution >= 4 is 22.7 Å². The van der Waals surface area contributed by atoms with Crippen molar-refractivity contribution in [3.63, 3.8) is 0 Å². The van der Waals surface area contributed by atoms with Crippen LogP contribution in [0.25, 0.3) is 0 Å². The van der Waals surface area contributed by atoms with Gasteiger partial charge in [0.05, 0.1) is 9.85 Å². The monoisotopic (exact) mass is 316 g/mol. The molecule has 8 nitrogen and oxygen atoms in total. The second-order valence-electron chi connectivity index (χ2n) is 4.97. The second-order valence-corrected chi connectivity index (χ2v) is 4.97. The minimum atomic E-state index is -0.456. The van der Waals surface area contributed by atoms with Crippen LogP contribution in [0.3, 0.4) is 0 Å². The van der Waals surface area contributed by atoms with Crippen LogP contribution in [0.2, 0.25) is 0 Å². The van der Waals surface area contributed by atoms with E-state index in [0.29, 0.717) is 17.9 Å². The third kappa shape index (κ3) is 4.16. The van der Waals surface area contributed by atoms with Crippen molar-refractivity contribution in [1.82, 2.24) is 0 Å². The Morgan fingerprint density at radius 2 is 1.39 bits per heavy atom. The molecular weight excluding hydrogens is 300 g/mol. The molecule has 0 fully saturated rings. The number of para-hydroxylation sites is 4. The maximum atomic E-state index is 11.0. The number of nitro benzene ring substituents is 2. The first-order chi connectivity index (χ1) is 11.0. The van der Waals surface area contributed by atoms with E-state index in [1.165, 1.54) is 12.1 Å². The predicted octanol–water partition coefficient (Wildman–Crippen LogP) is 3.42. The zero-order chi connectivity index (χ0) is 16.8.